The third kappa shape index (κ3) is 3.66. The predicted octanol–water partition coefficient (Wildman–Crippen LogP) is 2.32. The summed E-state index contributed by atoms with van der Waals surface area (Å²) in [4.78, 5) is 16.8. The van der Waals surface area contributed by atoms with Crippen molar-refractivity contribution in [3.8, 4) is 11.5 Å². The number of imidazole rings is 1. The van der Waals surface area contributed by atoms with Crippen molar-refractivity contribution in [2.24, 2.45) is 0 Å². The van der Waals surface area contributed by atoms with Gasteiger partial charge in [0.05, 0.1) is 43.6 Å². The van der Waals surface area contributed by atoms with Crippen LogP contribution in [0.2, 0.25) is 0 Å². The lowest BCUT2D eigenvalue weighted by Gasteiger charge is -2.34. The van der Waals surface area contributed by atoms with Crippen LogP contribution in [0.4, 0.5) is 11.6 Å². The Morgan fingerprint density at radius 2 is 2.15 bits per heavy atom. The van der Waals surface area contributed by atoms with Gasteiger partial charge in [0.1, 0.15) is 22.9 Å². The first-order chi connectivity index (χ1) is 16.0. The monoisotopic (exact) mass is 451 g/mol. The molecule has 4 aromatic heterocycles. The molecule has 11 heteroatoms. The van der Waals surface area contributed by atoms with Gasteiger partial charge in [0, 0.05) is 33.0 Å². The molecule has 0 spiro atoms. The molecule has 1 aliphatic heterocycles. The van der Waals surface area contributed by atoms with Crippen LogP contribution in [0.1, 0.15) is 25.7 Å². The van der Waals surface area contributed by atoms with Crippen LogP contribution in [0.15, 0.2) is 18.5 Å². The van der Waals surface area contributed by atoms with Gasteiger partial charge in [-0.2, -0.15) is 0 Å². The van der Waals surface area contributed by atoms with E-state index < -0.39 is 0 Å². The smallest absolute Gasteiger partial charge is 0.203 e. The zero-order chi connectivity index (χ0) is 23.1. The van der Waals surface area contributed by atoms with Crippen molar-refractivity contribution in [3.63, 3.8) is 0 Å². The number of methoxy groups -OCH3 is 1. The van der Waals surface area contributed by atoms with Gasteiger partial charge in [-0.15, -0.1) is 10.2 Å². The molecule has 0 bridgehead atoms. The maximum atomic E-state index is 5.61. The molecule has 4 aromatic rings. The Labute approximate surface area is 191 Å². The second-order valence-electron chi connectivity index (χ2n) is 8.42. The van der Waals surface area contributed by atoms with Crippen molar-refractivity contribution < 1.29 is 9.47 Å². The summed E-state index contributed by atoms with van der Waals surface area (Å²) in [5.41, 5.74) is 3.20. The highest BCUT2D eigenvalue weighted by molar-refractivity contribution is 5.82. The average molecular weight is 452 g/mol. The summed E-state index contributed by atoms with van der Waals surface area (Å²) >= 11 is 0. The topological polar surface area (TPSA) is 108 Å². The summed E-state index contributed by atoms with van der Waals surface area (Å²) in [6.07, 6.45) is 3.77. The Bertz CT molecular complexity index is 1300. The minimum atomic E-state index is 0.0323. The van der Waals surface area contributed by atoms with Gasteiger partial charge in [0.2, 0.25) is 5.65 Å². The molecular formula is C22H29N9O2. The molecule has 5 heterocycles. The quantitative estimate of drug-likeness (QED) is 0.472. The van der Waals surface area contributed by atoms with E-state index in [1.54, 1.807) is 7.11 Å². The first kappa shape index (κ1) is 21.5. The zero-order valence-electron chi connectivity index (χ0n) is 19.6. The Morgan fingerprint density at radius 1 is 1.30 bits per heavy atom. The molecule has 11 nitrogen and oxygen atoms in total. The predicted molar refractivity (Wildman–Crippen MR) is 126 cm³/mol. The largest absolute Gasteiger partial charge is 0.383 e. The van der Waals surface area contributed by atoms with E-state index in [-0.39, 0.29) is 12.1 Å². The van der Waals surface area contributed by atoms with Crippen molar-refractivity contribution in [2.45, 2.75) is 32.9 Å². The van der Waals surface area contributed by atoms with Crippen LogP contribution in [0, 0.1) is 6.92 Å². The van der Waals surface area contributed by atoms with Gasteiger partial charge in [0.25, 0.3) is 0 Å². The van der Waals surface area contributed by atoms with Crippen molar-refractivity contribution in [2.75, 3.05) is 50.7 Å². The number of aryl methyl sites for hydroxylation is 1. The van der Waals surface area contributed by atoms with Crippen LogP contribution < -0.4 is 10.2 Å². The van der Waals surface area contributed by atoms with Crippen LogP contribution in [0.5, 0.6) is 0 Å². The maximum absolute atomic E-state index is 5.61. The molecule has 5 rings (SSSR count). The molecule has 1 N–H and O–H groups in total. The number of pyridine rings is 1. The number of hydrogen-bond donors (Lipinski definition) is 1. The van der Waals surface area contributed by atoms with Gasteiger partial charge in [-0.3, -0.25) is 4.40 Å². The number of nitrogens with zero attached hydrogens (tertiary/aromatic N) is 8. The number of rotatable bonds is 6. The van der Waals surface area contributed by atoms with Crippen LogP contribution in [-0.4, -0.2) is 80.7 Å². The third-order valence-electron chi connectivity index (χ3n) is 6.10. The first-order valence-corrected chi connectivity index (χ1v) is 11.1. The lowest BCUT2D eigenvalue weighted by molar-refractivity contribution is 0.0985. The van der Waals surface area contributed by atoms with E-state index in [0.29, 0.717) is 31.3 Å². The minimum Gasteiger partial charge on any atom is -0.383 e. The fourth-order valence-corrected chi connectivity index (χ4v) is 4.44. The maximum Gasteiger partial charge on any atom is 0.203 e. The molecule has 0 radical (unpaired) electrons. The molecule has 1 saturated heterocycles. The van der Waals surface area contributed by atoms with Crippen molar-refractivity contribution in [1.82, 2.24) is 34.1 Å². The van der Waals surface area contributed by atoms with E-state index in [2.05, 4.69) is 44.9 Å². The van der Waals surface area contributed by atoms with Gasteiger partial charge >= 0.3 is 0 Å². The van der Waals surface area contributed by atoms with E-state index in [1.807, 2.05) is 30.8 Å². The second-order valence-corrected chi connectivity index (χ2v) is 8.42. The van der Waals surface area contributed by atoms with Gasteiger partial charge in [-0.05, 0) is 20.8 Å². The Morgan fingerprint density at radius 3 is 2.91 bits per heavy atom. The van der Waals surface area contributed by atoms with E-state index in [1.165, 1.54) is 0 Å². The fourth-order valence-electron chi connectivity index (χ4n) is 4.44. The Kier molecular flexibility index (Phi) is 5.59. The molecule has 0 aromatic carbocycles. The van der Waals surface area contributed by atoms with Crippen molar-refractivity contribution in [1.29, 1.82) is 0 Å². The van der Waals surface area contributed by atoms with Crippen LogP contribution in [0.3, 0.4) is 0 Å². The number of aromatic nitrogens is 7. The molecule has 0 amide bonds. The third-order valence-corrected chi connectivity index (χ3v) is 6.10. The lowest BCUT2D eigenvalue weighted by Crippen LogP contribution is -2.44. The van der Waals surface area contributed by atoms with Crippen molar-refractivity contribution in [3.05, 3.63) is 24.3 Å². The van der Waals surface area contributed by atoms with E-state index in [9.17, 15) is 0 Å². The van der Waals surface area contributed by atoms with Gasteiger partial charge in [-0.1, -0.05) is 0 Å². The number of ether oxygens (including phenoxy) is 2. The number of hydrogen-bond acceptors (Lipinski definition) is 9. The molecule has 0 aliphatic carbocycles. The second kappa shape index (κ2) is 8.56. The standard InChI is InChI=1S/C22H29N9O2/c1-13-12-33-7-6-29(13)19-8-18-16(9-24-19)26-21(31(18)14(2)11-32-5)17-10-30-15(3)27-28-22(30)20(23-4)25-17/h8-10,13-14H,6-7,11-12H2,1-5H3,(H,23,25)/t13-,14?/m0/s1. The molecule has 33 heavy (non-hydrogen) atoms. The zero-order valence-corrected chi connectivity index (χ0v) is 19.6. The van der Waals surface area contributed by atoms with Gasteiger partial charge < -0.3 is 24.3 Å². The van der Waals surface area contributed by atoms with Crippen LogP contribution >= 0.6 is 0 Å². The first-order valence-electron chi connectivity index (χ1n) is 11.1. The summed E-state index contributed by atoms with van der Waals surface area (Å²) in [6, 6.07) is 2.40. The van der Waals surface area contributed by atoms with E-state index >= 15 is 0 Å². The SMILES string of the molecule is CNc1nc(-c2nc3cnc(N4CCOC[C@@H]4C)cc3n2C(C)COC)cn2c(C)nnc12. The lowest BCUT2D eigenvalue weighted by atomic mass is 10.2. The molecular weight excluding hydrogens is 422 g/mol. The van der Waals surface area contributed by atoms with Gasteiger partial charge in [0.15, 0.2) is 11.6 Å². The summed E-state index contributed by atoms with van der Waals surface area (Å²) < 4.78 is 15.2. The summed E-state index contributed by atoms with van der Waals surface area (Å²) in [7, 11) is 3.54. The van der Waals surface area contributed by atoms with Gasteiger partial charge in [-0.25, -0.2) is 15.0 Å². The van der Waals surface area contributed by atoms with Crippen LogP contribution in [-0.2, 0) is 9.47 Å². The molecule has 1 fully saturated rings. The number of anilines is 2. The molecule has 2 atom stereocenters. The molecule has 1 unspecified atom stereocenters. The molecule has 0 saturated carbocycles. The number of nitrogens with one attached hydrogen (secondary N) is 1. The highest BCUT2D eigenvalue weighted by Gasteiger charge is 2.24. The van der Waals surface area contributed by atoms with E-state index in [4.69, 9.17) is 24.4 Å². The van der Waals surface area contributed by atoms with Crippen molar-refractivity contribution >= 4 is 28.3 Å². The fraction of sp³-hybridized carbons (Fsp3) is 0.500. The molecule has 174 valence electrons. The highest BCUT2D eigenvalue weighted by Crippen LogP contribution is 2.31. The summed E-state index contributed by atoms with van der Waals surface area (Å²) in [6.45, 7) is 8.93. The normalized spacial score (nSPS) is 17.7. The van der Waals surface area contributed by atoms with Crippen LogP contribution in [0.25, 0.3) is 28.2 Å². The average Bonchev–Trinajstić information content (AvgIpc) is 3.39. The highest BCUT2D eigenvalue weighted by atomic mass is 16.5. The molecule has 1 aliphatic rings. The summed E-state index contributed by atoms with van der Waals surface area (Å²) in [5, 5.41) is 11.6. The number of morpholine rings is 1. The minimum absolute atomic E-state index is 0.0323. The Balaban J connectivity index is 1.71. The summed E-state index contributed by atoms with van der Waals surface area (Å²) in [5.74, 6) is 3.09. The number of fused-ring (bicyclic) bond motifs is 2. The van der Waals surface area contributed by atoms with E-state index in [0.717, 1.165) is 40.7 Å². The Hall–Kier alpha value is -3.31.